The van der Waals surface area contributed by atoms with Crippen LogP contribution in [0.5, 0.6) is 0 Å². The van der Waals surface area contributed by atoms with Crippen molar-refractivity contribution in [1.29, 1.82) is 0 Å². The van der Waals surface area contributed by atoms with Crippen LogP contribution in [-0.2, 0) is 19.4 Å². The van der Waals surface area contributed by atoms with E-state index in [0.717, 1.165) is 12.8 Å². The maximum Gasteiger partial charge on any atom is 0.169 e. The Morgan fingerprint density at radius 3 is 2.58 bits per heavy atom. The van der Waals surface area contributed by atoms with E-state index in [9.17, 15) is 9.59 Å². The first-order chi connectivity index (χ1) is 5.74. The molecule has 0 aromatic rings. The summed E-state index contributed by atoms with van der Waals surface area (Å²) in [6, 6.07) is 0. The summed E-state index contributed by atoms with van der Waals surface area (Å²) in [5.74, 6) is -0.0232. The van der Waals surface area contributed by atoms with Gasteiger partial charge in [-0.2, -0.15) is 0 Å². The van der Waals surface area contributed by atoms with Crippen LogP contribution in [0.4, 0.5) is 0 Å². The number of Topliss-reactive ketones (excluding diaryl/α,β-unsaturated/α-hetero) is 2. The average Bonchev–Trinajstić information content (AvgIpc) is 2.82. The molecule has 0 aliphatic heterocycles. The predicted molar refractivity (Wildman–Crippen MR) is 40.3 cm³/mol. The molecule has 0 bridgehead atoms. The van der Waals surface area contributed by atoms with Gasteiger partial charge in [0.05, 0.1) is 13.5 Å². The number of hydrogen-bond acceptors (Lipinski definition) is 4. The van der Waals surface area contributed by atoms with Crippen molar-refractivity contribution in [2.75, 3.05) is 13.7 Å². The van der Waals surface area contributed by atoms with Gasteiger partial charge in [0.2, 0.25) is 0 Å². The van der Waals surface area contributed by atoms with Crippen molar-refractivity contribution >= 4 is 11.6 Å². The molecule has 4 heteroatoms. The van der Waals surface area contributed by atoms with Gasteiger partial charge in [0.25, 0.3) is 0 Å². The lowest BCUT2D eigenvalue weighted by Crippen LogP contribution is -2.14. The first-order valence-corrected chi connectivity index (χ1v) is 3.94. The minimum Gasteiger partial charge on any atom is -0.299 e. The van der Waals surface area contributed by atoms with Crippen LogP contribution in [0, 0.1) is 5.92 Å². The molecule has 0 amide bonds. The lowest BCUT2D eigenvalue weighted by Gasteiger charge is -1.98. The quantitative estimate of drug-likeness (QED) is 0.332. The van der Waals surface area contributed by atoms with Crippen LogP contribution < -0.4 is 0 Å². The fourth-order valence-corrected chi connectivity index (χ4v) is 0.920. The highest BCUT2D eigenvalue weighted by atomic mass is 17.2. The summed E-state index contributed by atoms with van der Waals surface area (Å²) >= 11 is 0. The summed E-state index contributed by atoms with van der Waals surface area (Å²) < 4.78 is 0. The van der Waals surface area contributed by atoms with Crippen molar-refractivity contribution in [2.45, 2.75) is 19.3 Å². The zero-order chi connectivity index (χ0) is 8.97. The second kappa shape index (κ2) is 4.33. The van der Waals surface area contributed by atoms with E-state index in [4.69, 9.17) is 0 Å². The Morgan fingerprint density at radius 2 is 2.08 bits per heavy atom. The van der Waals surface area contributed by atoms with E-state index in [1.807, 2.05) is 0 Å². The average molecular weight is 172 g/mol. The Hall–Kier alpha value is -0.740. The summed E-state index contributed by atoms with van der Waals surface area (Å²) in [5.41, 5.74) is 0. The number of carbonyl (C=O) groups is 2. The molecule has 0 heterocycles. The second-order valence-electron chi connectivity index (χ2n) is 2.88. The normalized spacial score (nSPS) is 16.1. The van der Waals surface area contributed by atoms with Crippen LogP contribution in [0.1, 0.15) is 19.3 Å². The van der Waals surface area contributed by atoms with E-state index in [1.165, 1.54) is 7.11 Å². The van der Waals surface area contributed by atoms with Gasteiger partial charge in [-0.15, -0.1) is 0 Å². The van der Waals surface area contributed by atoms with Crippen molar-refractivity contribution in [3.05, 3.63) is 0 Å². The van der Waals surface area contributed by atoms with Gasteiger partial charge in [0.15, 0.2) is 5.78 Å². The Morgan fingerprint density at radius 1 is 1.42 bits per heavy atom. The number of ketones is 2. The van der Waals surface area contributed by atoms with Crippen LogP contribution >= 0.6 is 0 Å². The summed E-state index contributed by atoms with van der Waals surface area (Å²) in [4.78, 5) is 30.6. The van der Waals surface area contributed by atoms with E-state index < -0.39 is 0 Å². The summed E-state index contributed by atoms with van der Waals surface area (Å²) in [6.07, 6.45) is 1.88. The molecule has 0 saturated heterocycles. The zero-order valence-electron chi connectivity index (χ0n) is 7.04. The zero-order valence-corrected chi connectivity index (χ0v) is 7.04. The third kappa shape index (κ3) is 3.11. The van der Waals surface area contributed by atoms with Crippen LogP contribution in [0.15, 0.2) is 0 Å². The van der Waals surface area contributed by atoms with Gasteiger partial charge in [-0.25, -0.2) is 9.78 Å². The molecule has 0 atom stereocenters. The van der Waals surface area contributed by atoms with Gasteiger partial charge in [0, 0.05) is 5.92 Å². The minimum atomic E-state index is -0.214. The van der Waals surface area contributed by atoms with E-state index in [-0.39, 0.29) is 30.5 Å². The van der Waals surface area contributed by atoms with E-state index in [1.54, 1.807) is 0 Å². The fourth-order valence-electron chi connectivity index (χ4n) is 0.920. The molecule has 1 fully saturated rings. The van der Waals surface area contributed by atoms with Gasteiger partial charge in [-0.1, -0.05) is 0 Å². The van der Waals surface area contributed by atoms with E-state index in [0.29, 0.717) is 0 Å². The van der Waals surface area contributed by atoms with Crippen molar-refractivity contribution in [2.24, 2.45) is 5.92 Å². The smallest absolute Gasteiger partial charge is 0.169 e. The highest BCUT2D eigenvalue weighted by molar-refractivity contribution is 6.01. The molecule has 4 nitrogen and oxygen atoms in total. The van der Waals surface area contributed by atoms with Crippen molar-refractivity contribution in [3.63, 3.8) is 0 Å². The molecular weight excluding hydrogens is 160 g/mol. The Labute approximate surface area is 70.8 Å². The fraction of sp³-hybridized carbons (Fsp3) is 0.750. The molecule has 0 radical (unpaired) electrons. The predicted octanol–water partition coefficient (Wildman–Crippen LogP) is 0.503. The van der Waals surface area contributed by atoms with Crippen LogP contribution in [0.25, 0.3) is 0 Å². The Kier molecular flexibility index (Phi) is 3.37. The van der Waals surface area contributed by atoms with Crippen molar-refractivity contribution < 1.29 is 19.4 Å². The maximum absolute atomic E-state index is 11.1. The van der Waals surface area contributed by atoms with Gasteiger partial charge in [-0.3, -0.25) is 9.59 Å². The van der Waals surface area contributed by atoms with Gasteiger partial charge >= 0.3 is 0 Å². The highest BCUT2D eigenvalue weighted by Gasteiger charge is 2.30. The third-order valence-electron chi connectivity index (χ3n) is 1.74. The summed E-state index contributed by atoms with van der Waals surface area (Å²) in [7, 11) is 1.33. The van der Waals surface area contributed by atoms with Gasteiger partial charge in [-0.05, 0) is 12.8 Å². The largest absolute Gasteiger partial charge is 0.299 e. The minimum absolute atomic E-state index is 0.00593. The monoisotopic (exact) mass is 172 g/mol. The molecule has 1 saturated carbocycles. The second-order valence-corrected chi connectivity index (χ2v) is 2.88. The molecule has 68 valence electrons. The molecule has 1 aliphatic carbocycles. The van der Waals surface area contributed by atoms with Gasteiger partial charge in [0.1, 0.15) is 12.4 Å². The lowest BCUT2D eigenvalue weighted by atomic mass is 10.1. The lowest BCUT2D eigenvalue weighted by molar-refractivity contribution is -0.266. The van der Waals surface area contributed by atoms with Crippen LogP contribution in [0.2, 0.25) is 0 Å². The SMILES string of the molecule is COOCC(=O)CC(=O)C1CC1. The first kappa shape index (κ1) is 9.35. The molecule has 0 aromatic carbocycles. The standard InChI is InChI=1S/C8H12O4/c1-11-12-5-7(9)4-8(10)6-2-3-6/h6H,2-5H2,1H3. The van der Waals surface area contributed by atoms with Crippen molar-refractivity contribution in [1.82, 2.24) is 0 Å². The first-order valence-electron chi connectivity index (χ1n) is 3.94. The third-order valence-corrected chi connectivity index (χ3v) is 1.74. The number of rotatable bonds is 6. The van der Waals surface area contributed by atoms with E-state index in [2.05, 4.69) is 9.78 Å². The molecular formula is C8H12O4. The number of hydrogen-bond donors (Lipinski definition) is 0. The van der Waals surface area contributed by atoms with Crippen LogP contribution in [0.3, 0.4) is 0 Å². The molecule has 0 spiro atoms. The Balaban J connectivity index is 2.11. The Bertz CT molecular complexity index is 183. The molecule has 1 rings (SSSR count). The number of carbonyl (C=O) groups excluding carboxylic acids is 2. The maximum atomic E-state index is 11.1. The summed E-state index contributed by atoms with van der Waals surface area (Å²) in [5, 5.41) is 0. The van der Waals surface area contributed by atoms with Gasteiger partial charge < -0.3 is 0 Å². The topological polar surface area (TPSA) is 52.6 Å². The molecule has 12 heavy (non-hydrogen) atoms. The summed E-state index contributed by atoms with van der Waals surface area (Å²) in [6.45, 7) is -0.130. The molecule has 0 aromatic heterocycles. The van der Waals surface area contributed by atoms with E-state index >= 15 is 0 Å². The highest BCUT2D eigenvalue weighted by Crippen LogP contribution is 2.30. The molecule has 0 unspecified atom stereocenters. The molecule has 1 aliphatic rings. The molecule has 0 N–H and O–H groups in total. The van der Waals surface area contributed by atoms with Crippen molar-refractivity contribution in [3.8, 4) is 0 Å². The van der Waals surface area contributed by atoms with Crippen LogP contribution in [-0.4, -0.2) is 25.3 Å².